The molecular formula is C16H16F2N4. The Balaban J connectivity index is 1.88. The highest BCUT2D eigenvalue weighted by atomic mass is 19.1. The Morgan fingerprint density at radius 2 is 2.00 bits per heavy atom. The minimum absolute atomic E-state index is 0.00574. The maximum atomic E-state index is 14.2. The summed E-state index contributed by atoms with van der Waals surface area (Å²) in [6.07, 6.45) is 7.09. The van der Waals surface area contributed by atoms with E-state index in [9.17, 15) is 8.78 Å². The summed E-state index contributed by atoms with van der Waals surface area (Å²) in [5.74, 6) is -1.15. The van der Waals surface area contributed by atoms with Gasteiger partial charge in [-0.1, -0.05) is 0 Å². The molecule has 0 bridgehead atoms. The topological polar surface area (TPSA) is 32.3 Å². The van der Waals surface area contributed by atoms with Crippen LogP contribution in [-0.4, -0.2) is 33.5 Å². The largest absolute Gasteiger partial charge is 0.362 e. The van der Waals surface area contributed by atoms with E-state index in [1.165, 1.54) is 25.3 Å². The first-order valence-corrected chi connectivity index (χ1v) is 6.93. The van der Waals surface area contributed by atoms with Crippen molar-refractivity contribution in [1.82, 2.24) is 19.8 Å². The molecule has 1 aromatic carbocycles. The minimum Gasteiger partial charge on any atom is -0.362 e. The van der Waals surface area contributed by atoms with Crippen molar-refractivity contribution in [3.05, 3.63) is 59.8 Å². The fraction of sp³-hybridized carbons (Fsp3) is 0.250. The van der Waals surface area contributed by atoms with Crippen LogP contribution in [0.4, 0.5) is 8.78 Å². The number of benzene rings is 1. The number of nitrogens with zero attached hydrogens (tertiary/aromatic N) is 4. The standard InChI is InChI=1S/C16H16F2N4/c1-11-14(17)4-3-13(16(11)18)15-8-19-7-12(20-15)9-22-6-5-21(2)10-22/h3-8H,9-10H2,1-2H3. The molecule has 1 aliphatic rings. The first-order chi connectivity index (χ1) is 10.5. The lowest BCUT2D eigenvalue weighted by Crippen LogP contribution is -2.22. The first-order valence-electron chi connectivity index (χ1n) is 6.93. The third-order valence-corrected chi connectivity index (χ3v) is 3.58. The van der Waals surface area contributed by atoms with Gasteiger partial charge in [0.2, 0.25) is 0 Å². The van der Waals surface area contributed by atoms with Gasteiger partial charge in [0.1, 0.15) is 11.6 Å². The maximum Gasteiger partial charge on any atom is 0.138 e. The molecule has 0 saturated heterocycles. The molecule has 2 aromatic rings. The van der Waals surface area contributed by atoms with Crippen molar-refractivity contribution in [3.63, 3.8) is 0 Å². The molecule has 0 fully saturated rings. The van der Waals surface area contributed by atoms with Crippen LogP contribution in [0.3, 0.4) is 0 Å². The van der Waals surface area contributed by atoms with Crippen LogP contribution in [0.2, 0.25) is 0 Å². The predicted molar refractivity (Wildman–Crippen MR) is 79.4 cm³/mol. The Hall–Kier alpha value is -2.50. The predicted octanol–water partition coefficient (Wildman–Crippen LogP) is 2.91. The Labute approximate surface area is 127 Å². The number of hydrogen-bond donors (Lipinski definition) is 0. The Morgan fingerprint density at radius 3 is 2.73 bits per heavy atom. The van der Waals surface area contributed by atoms with Crippen LogP contribution in [0.25, 0.3) is 11.3 Å². The lowest BCUT2D eigenvalue weighted by Gasteiger charge is -2.17. The molecule has 0 unspecified atom stereocenters. The van der Waals surface area contributed by atoms with Gasteiger partial charge in [-0.05, 0) is 19.1 Å². The average Bonchev–Trinajstić information content (AvgIpc) is 2.90. The van der Waals surface area contributed by atoms with Gasteiger partial charge in [0.15, 0.2) is 0 Å². The van der Waals surface area contributed by atoms with Crippen molar-refractivity contribution in [2.75, 3.05) is 13.7 Å². The van der Waals surface area contributed by atoms with E-state index in [1.54, 1.807) is 6.20 Å². The average molecular weight is 302 g/mol. The summed E-state index contributed by atoms with van der Waals surface area (Å²) in [6, 6.07) is 2.65. The first kappa shape index (κ1) is 14.4. The van der Waals surface area contributed by atoms with Crippen molar-refractivity contribution < 1.29 is 8.78 Å². The molecule has 0 aliphatic carbocycles. The fourth-order valence-electron chi connectivity index (χ4n) is 2.37. The van der Waals surface area contributed by atoms with Gasteiger partial charge in [-0.25, -0.2) is 13.8 Å². The van der Waals surface area contributed by atoms with Crippen molar-refractivity contribution in [2.24, 2.45) is 0 Å². The van der Waals surface area contributed by atoms with Crippen molar-refractivity contribution >= 4 is 0 Å². The van der Waals surface area contributed by atoms with E-state index < -0.39 is 11.6 Å². The lowest BCUT2D eigenvalue weighted by molar-refractivity contribution is 0.288. The van der Waals surface area contributed by atoms with Gasteiger partial charge in [0.25, 0.3) is 0 Å². The zero-order chi connectivity index (χ0) is 15.7. The van der Waals surface area contributed by atoms with Crippen molar-refractivity contribution in [1.29, 1.82) is 0 Å². The van der Waals surface area contributed by atoms with Crippen LogP contribution in [0.15, 0.2) is 36.9 Å². The molecule has 0 atom stereocenters. The van der Waals surface area contributed by atoms with Crippen molar-refractivity contribution in [2.45, 2.75) is 13.5 Å². The van der Waals surface area contributed by atoms with Crippen molar-refractivity contribution in [3.8, 4) is 11.3 Å². The SMILES string of the molecule is Cc1c(F)ccc(-c2cncc(CN3C=CN(C)C3)n2)c1F. The van der Waals surface area contributed by atoms with Gasteiger partial charge in [0.05, 0.1) is 37.0 Å². The molecule has 22 heavy (non-hydrogen) atoms. The van der Waals surface area contributed by atoms with E-state index in [2.05, 4.69) is 14.9 Å². The summed E-state index contributed by atoms with van der Waals surface area (Å²) < 4.78 is 27.6. The summed E-state index contributed by atoms with van der Waals surface area (Å²) in [5.41, 5.74) is 1.41. The zero-order valence-electron chi connectivity index (χ0n) is 12.4. The highest BCUT2D eigenvalue weighted by molar-refractivity contribution is 5.60. The normalized spacial score (nSPS) is 14.0. The van der Waals surface area contributed by atoms with E-state index in [0.29, 0.717) is 12.2 Å². The Kier molecular flexibility index (Phi) is 3.75. The molecule has 1 aromatic heterocycles. The molecule has 0 radical (unpaired) electrons. The van der Waals surface area contributed by atoms with E-state index in [-0.39, 0.29) is 11.1 Å². The van der Waals surface area contributed by atoms with E-state index in [1.807, 2.05) is 24.3 Å². The van der Waals surface area contributed by atoms with Crippen LogP contribution in [-0.2, 0) is 6.54 Å². The summed E-state index contributed by atoms with van der Waals surface area (Å²) in [6.45, 7) is 2.77. The number of halogens is 2. The maximum absolute atomic E-state index is 14.2. The van der Waals surface area contributed by atoms with E-state index in [4.69, 9.17) is 0 Å². The highest BCUT2D eigenvalue weighted by Crippen LogP contribution is 2.24. The zero-order valence-corrected chi connectivity index (χ0v) is 12.4. The molecule has 0 N–H and O–H groups in total. The highest BCUT2D eigenvalue weighted by Gasteiger charge is 2.14. The second-order valence-corrected chi connectivity index (χ2v) is 5.37. The van der Waals surface area contributed by atoms with Gasteiger partial charge in [-0.3, -0.25) is 4.98 Å². The molecule has 3 rings (SSSR count). The molecule has 1 aliphatic heterocycles. The van der Waals surface area contributed by atoms with Crippen LogP contribution < -0.4 is 0 Å². The van der Waals surface area contributed by atoms with Crippen LogP contribution in [0, 0.1) is 18.6 Å². The Bertz CT molecular complexity index is 730. The van der Waals surface area contributed by atoms with Gasteiger partial charge < -0.3 is 9.80 Å². The second-order valence-electron chi connectivity index (χ2n) is 5.37. The number of aromatic nitrogens is 2. The summed E-state index contributed by atoms with van der Waals surface area (Å²) in [5, 5.41) is 0. The van der Waals surface area contributed by atoms with Gasteiger partial charge in [-0.15, -0.1) is 0 Å². The number of rotatable bonds is 3. The molecule has 0 spiro atoms. The quantitative estimate of drug-likeness (QED) is 0.872. The van der Waals surface area contributed by atoms with Gasteiger partial charge in [0, 0.05) is 30.6 Å². The minimum atomic E-state index is -0.591. The van der Waals surface area contributed by atoms with E-state index in [0.717, 1.165) is 12.4 Å². The van der Waals surface area contributed by atoms with Gasteiger partial charge in [-0.2, -0.15) is 0 Å². The molecule has 2 heterocycles. The third kappa shape index (κ3) is 2.77. The molecule has 6 heteroatoms. The summed E-state index contributed by atoms with van der Waals surface area (Å²) in [7, 11) is 1.98. The molecule has 4 nitrogen and oxygen atoms in total. The van der Waals surface area contributed by atoms with Crippen LogP contribution in [0.5, 0.6) is 0 Å². The second kappa shape index (κ2) is 5.71. The Morgan fingerprint density at radius 1 is 1.18 bits per heavy atom. The summed E-state index contributed by atoms with van der Waals surface area (Å²) in [4.78, 5) is 12.7. The molecule has 0 amide bonds. The fourth-order valence-corrected chi connectivity index (χ4v) is 2.37. The third-order valence-electron chi connectivity index (χ3n) is 3.58. The van der Waals surface area contributed by atoms with Crippen LogP contribution >= 0.6 is 0 Å². The van der Waals surface area contributed by atoms with Crippen LogP contribution in [0.1, 0.15) is 11.3 Å². The molecular weight excluding hydrogens is 286 g/mol. The molecule has 0 saturated carbocycles. The summed E-state index contributed by atoms with van der Waals surface area (Å²) >= 11 is 0. The van der Waals surface area contributed by atoms with E-state index >= 15 is 0 Å². The lowest BCUT2D eigenvalue weighted by atomic mass is 10.1. The van der Waals surface area contributed by atoms with Gasteiger partial charge >= 0.3 is 0 Å². The smallest absolute Gasteiger partial charge is 0.138 e. The molecule has 114 valence electrons. The number of hydrogen-bond acceptors (Lipinski definition) is 4. The monoisotopic (exact) mass is 302 g/mol.